The molecule has 5 nitrogen and oxygen atoms in total. The van der Waals surface area contributed by atoms with E-state index in [2.05, 4.69) is 9.98 Å². The molecule has 5 heteroatoms. The van der Waals surface area contributed by atoms with E-state index < -0.39 is 4.92 Å². The Balaban J connectivity index is 2.22. The van der Waals surface area contributed by atoms with Gasteiger partial charge in [-0.1, -0.05) is 18.2 Å². The Morgan fingerprint density at radius 2 is 2.12 bits per heavy atom. The molecule has 2 rings (SSSR count). The number of nitro groups is 1. The molecule has 0 amide bonds. The van der Waals surface area contributed by atoms with Gasteiger partial charge in [0.1, 0.15) is 0 Å². The normalized spacial score (nSPS) is 10.6. The molecule has 0 unspecified atom stereocenters. The van der Waals surface area contributed by atoms with Gasteiger partial charge in [-0.3, -0.25) is 10.1 Å². The van der Waals surface area contributed by atoms with Crippen LogP contribution in [0, 0.1) is 10.1 Å². The number of aliphatic imine (C=N–C) groups is 1. The molecule has 0 saturated heterocycles. The van der Waals surface area contributed by atoms with Crippen molar-refractivity contribution in [2.75, 3.05) is 0 Å². The third kappa shape index (κ3) is 2.94. The molecule has 1 aromatic heterocycles. The van der Waals surface area contributed by atoms with Crippen LogP contribution < -0.4 is 0 Å². The van der Waals surface area contributed by atoms with Crippen molar-refractivity contribution in [2.24, 2.45) is 4.99 Å². The highest BCUT2D eigenvalue weighted by molar-refractivity contribution is 5.82. The molecule has 1 aromatic carbocycles. The molecule has 0 fully saturated rings. The van der Waals surface area contributed by atoms with E-state index in [4.69, 9.17) is 0 Å². The fraction of sp³-hybridized carbons (Fsp3) is 0. The number of hydrogen-bond donors (Lipinski definition) is 0. The molecule has 0 aliphatic rings. The topological polar surface area (TPSA) is 68.4 Å². The van der Waals surface area contributed by atoms with E-state index in [-0.39, 0.29) is 5.69 Å². The SMILES string of the molecule is O=[N+]([O-])c1cccc(/C=N\c2ccccn2)c1. The van der Waals surface area contributed by atoms with Gasteiger partial charge in [0.25, 0.3) is 5.69 Å². The fourth-order valence-corrected chi connectivity index (χ4v) is 1.29. The predicted octanol–water partition coefficient (Wildman–Crippen LogP) is 2.74. The fourth-order valence-electron chi connectivity index (χ4n) is 1.29. The molecule has 17 heavy (non-hydrogen) atoms. The largest absolute Gasteiger partial charge is 0.270 e. The van der Waals surface area contributed by atoms with Gasteiger partial charge < -0.3 is 0 Å². The molecule has 0 radical (unpaired) electrons. The maximum Gasteiger partial charge on any atom is 0.270 e. The minimum Gasteiger partial charge on any atom is -0.258 e. The Kier molecular flexibility index (Phi) is 3.20. The number of nitrogens with zero attached hydrogens (tertiary/aromatic N) is 3. The Hall–Kier alpha value is -2.56. The first-order chi connectivity index (χ1) is 8.25. The van der Waals surface area contributed by atoms with Crippen molar-refractivity contribution in [3.8, 4) is 0 Å². The van der Waals surface area contributed by atoms with E-state index in [1.807, 2.05) is 6.07 Å². The molecular formula is C12H9N3O2. The lowest BCUT2D eigenvalue weighted by Crippen LogP contribution is -1.89. The molecule has 0 spiro atoms. The van der Waals surface area contributed by atoms with Crippen LogP contribution >= 0.6 is 0 Å². The monoisotopic (exact) mass is 227 g/mol. The summed E-state index contributed by atoms with van der Waals surface area (Å²) in [6, 6.07) is 11.7. The van der Waals surface area contributed by atoms with Crippen molar-refractivity contribution in [3.05, 3.63) is 64.3 Å². The van der Waals surface area contributed by atoms with E-state index in [9.17, 15) is 10.1 Å². The number of aromatic nitrogens is 1. The van der Waals surface area contributed by atoms with Crippen molar-refractivity contribution in [1.82, 2.24) is 4.98 Å². The van der Waals surface area contributed by atoms with Crippen LogP contribution in [-0.2, 0) is 0 Å². The van der Waals surface area contributed by atoms with Crippen molar-refractivity contribution in [1.29, 1.82) is 0 Å². The standard InChI is InChI=1S/C12H9N3O2/c16-15(17)11-5-3-4-10(8-11)9-14-12-6-1-2-7-13-12/h1-9H/b14-9-. The summed E-state index contributed by atoms with van der Waals surface area (Å²) in [5.41, 5.74) is 0.722. The van der Waals surface area contributed by atoms with Gasteiger partial charge in [0.05, 0.1) is 4.92 Å². The predicted molar refractivity (Wildman–Crippen MR) is 64.6 cm³/mol. The summed E-state index contributed by atoms with van der Waals surface area (Å²) >= 11 is 0. The van der Waals surface area contributed by atoms with Gasteiger partial charge >= 0.3 is 0 Å². The van der Waals surface area contributed by atoms with Crippen molar-refractivity contribution in [3.63, 3.8) is 0 Å². The van der Waals surface area contributed by atoms with Gasteiger partial charge in [-0.15, -0.1) is 0 Å². The molecule has 0 aliphatic carbocycles. The number of benzene rings is 1. The third-order valence-electron chi connectivity index (χ3n) is 2.08. The lowest BCUT2D eigenvalue weighted by molar-refractivity contribution is -0.384. The summed E-state index contributed by atoms with van der Waals surface area (Å²) in [5, 5.41) is 10.6. The number of non-ortho nitro benzene ring substituents is 1. The first kappa shape index (κ1) is 10.9. The maximum atomic E-state index is 10.6. The number of hydrogen-bond acceptors (Lipinski definition) is 4. The highest BCUT2D eigenvalue weighted by Gasteiger charge is 2.03. The zero-order valence-corrected chi connectivity index (χ0v) is 8.85. The highest BCUT2D eigenvalue weighted by atomic mass is 16.6. The van der Waals surface area contributed by atoms with Gasteiger partial charge in [0.2, 0.25) is 0 Å². The van der Waals surface area contributed by atoms with Crippen molar-refractivity contribution < 1.29 is 4.92 Å². The van der Waals surface area contributed by atoms with Crippen molar-refractivity contribution >= 4 is 17.7 Å². The first-order valence-corrected chi connectivity index (χ1v) is 4.95. The van der Waals surface area contributed by atoms with Crippen LogP contribution in [-0.4, -0.2) is 16.1 Å². The van der Waals surface area contributed by atoms with Crippen molar-refractivity contribution in [2.45, 2.75) is 0 Å². The summed E-state index contributed by atoms with van der Waals surface area (Å²) in [4.78, 5) is 18.3. The van der Waals surface area contributed by atoms with Crippen LogP contribution in [0.1, 0.15) is 5.56 Å². The second kappa shape index (κ2) is 4.98. The third-order valence-corrected chi connectivity index (χ3v) is 2.08. The minimum atomic E-state index is -0.432. The lowest BCUT2D eigenvalue weighted by atomic mass is 10.2. The average molecular weight is 227 g/mol. The number of nitro benzene ring substituents is 1. The number of pyridine rings is 1. The molecule has 0 atom stereocenters. The smallest absolute Gasteiger partial charge is 0.258 e. The highest BCUT2D eigenvalue weighted by Crippen LogP contribution is 2.12. The maximum absolute atomic E-state index is 10.6. The minimum absolute atomic E-state index is 0.0509. The molecule has 1 heterocycles. The molecule has 0 bridgehead atoms. The summed E-state index contributed by atoms with van der Waals surface area (Å²) in [6.45, 7) is 0. The second-order valence-corrected chi connectivity index (χ2v) is 3.30. The van der Waals surface area contributed by atoms with Crippen LogP contribution in [0.5, 0.6) is 0 Å². The van der Waals surface area contributed by atoms with E-state index in [1.54, 1.807) is 36.7 Å². The summed E-state index contributed by atoms with van der Waals surface area (Å²) < 4.78 is 0. The van der Waals surface area contributed by atoms with Gasteiger partial charge in [0.15, 0.2) is 5.82 Å². The van der Waals surface area contributed by atoms with Gasteiger partial charge in [-0.2, -0.15) is 0 Å². The molecule has 2 aromatic rings. The van der Waals surface area contributed by atoms with E-state index >= 15 is 0 Å². The van der Waals surface area contributed by atoms with Crippen LogP contribution in [0.4, 0.5) is 11.5 Å². The van der Waals surface area contributed by atoms with E-state index in [1.165, 1.54) is 12.1 Å². The summed E-state index contributed by atoms with van der Waals surface area (Å²) in [5.74, 6) is 0.569. The van der Waals surface area contributed by atoms with Gasteiger partial charge in [-0.05, 0) is 17.7 Å². The Morgan fingerprint density at radius 3 is 2.82 bits per heavy atom. The number of rotatable bonds is 3. The average Bonchev–Trinajstić information content (AvgIpc) is 2.38. The zero-order valence-electron chi connectivity index (χ0n) is 8.85. The molecule has 0 aliphatic heterocycles. The van der Waals surface area contributed by atoms with Crippen LogP contribution in [0.3, 0.4) is 0 Å². The van der Waals surface area contributed by atoms with Gasteiger partial charge in [0, 0.05) is 24.5 Å². The lowest BCUT2D eigenvalue weighted by Gasteiger charge is -1.94. The van der Waals surface area contributed by atoms with Crippen LogP contribution in [0.25, 0.3) is 0 Å². The van der Waals surface area contributed by atoms with Crippen LogP contribution in [0.2, 0.25) is 0 Å². The molecule has 0 saturated carbocycles. The zero-order chi connectivity index (χ0) is 12.1. The molecule has 84 valence electrons. The Bertz CT molecular complexity index is 553. The quantitative estimate of drug-likeness (QED) is 0.460. The summed E-state index contributed by atoms with van der Waals surface area (Å²) in [7, 11) is 0. The Labute approximate surface area is 97.6 Å². The van der Waals surface area contributed by atoms with Gasteiger partial charge in [-0.25, -0.2) is 9.98 Å². The van der Waals surface area contributed by atoms with E-state index in [0.717, 1.165) is 0 Å². The first-order valence-electron chi connectivity index (χ1n) is 4.95. The molecular weight excluding hydrogens is 218 g/mol. The van der Waals surface area contributed by atoms with E-state index in [0.29, 0.717) is 11.4 Å². The molecule has 0 N–H and O–H groups in total. The van der Waals surface area contributed by atoms with Crippen LogP contribution in [0.15, 0.2) is 53.7 Å². The second-order valence-electron chi connectivity index (χ2n) is 3.30. The Morgan fingerprint density at radius 1 is 1.24 bits per heavy atom. The summed E-state index contributed by atoms with van der Waals surface area (Å²) in [6.07, 6.45) is 3.19.